The molecule has 286 valence electrons. The van der Waals surface area contributed by atoms with Crippen LogP contribution in [0, 0.1) is 24.7 Å². The Bertz CT molecular complexity index is 2600. The number of nitrogens with zero attached hydrogens (tertiary/aromatic N) is 1. The van der Waals surface area contributed by atoms with Crippen LogP contribution in [-0.4, -0.2) is 6.04 Å². The molecule has 2 heteroatoms. The van der Waals surface area contributed by atoms with Crippen molar-refractivity contribution in [2.75, 3.05) is 4.90 Å². The van der Waals surface area contributed by atoms with Gasteiger partial charge in [0.15, 0.2) is 0 Å². The summed E-state index contributed by atoms with van der Waals surface area (Å²) in [5.41, 5.74) is 16.6. The Morgan fingerprint density at radius 2 is 1.76 bits per heavy atom. The van der Waals surface area contributed by atoms with Gasteiger partial charge in [0.1, 0.15) is 11.5 Å². The summed E-state index contributed by atoms with van der Waals surface area (Å²) >= 11 is 0. The second kappa shape index (κ2) is 14.7. The Kier molecular flexibility index (Phi) is 9.17. The van der Waals surface area contributed by atoms with E-state index in [4.69, 9.17) is 4.74 Å². The smallest absolute Gasteiger partial charge is 0.126 e. The molecule has 0 spiro atoms. The van der Waals surface area contributed by atoms with Gasteiger partial charge in [0.05, 0.1) is 17.4 Å². The maximum Gasteiger partial charge on any atom is 0.126 e. The van der Waals surface area contributed by atoms with E-state index in [0.717, 1.165) is 37.2 Å². The van der Waals surface area contributed by atoms with Crippen LogP contribution >= 0.6 is 0 Å². The van der Waals surface area contributed by atoms with Crippen LogP contribution < -0.4 is 4.90 Å². The summed E-state index contributed by atoms with van der Waals surface area (Å²) in [4.78, 5) is 2.74. The monoisotopic (exact) mass is 753 g/mol. The molecule has 0 fully saturated rings. The fourth-order valence-corrected chi connectivity index (χ4v) is 11.0. The van der Waals surface area contributed by atoms with E-state index >= 15 is 0 Å². The lowest BCUT2D eigenvalue weighted by molar-refractivity contribution is 0.296. The molecule has 0 amide bonds. The number of hydrogen-bond donors (Lipinski definition) is 0. The first-order valence-corrected chi connectivity index (χ1v) is 21.2. The zero-order valence-electron chi connectivity index (χ0n) is 33.9. The van der Waals surface area contributed by atoms with E-state index < -0.39 is 5.41 Å². The molecular weight excluding hydrogens is 703 g/mol. The zero-order valence-corrected chi connectivity index (χ0v) is 33.9. The molecule has 0 aromatic heterocycles. The third-order valence-electron chi connectivity index (χ3n) is 13.4. The van der Waals surface area contributed by atoms with E-state index in [2.05, 4.69) is 196 Å². The molecule has 1 aliphatic heterocycles. The van der Waals surface area contributed by atoms with Crippen LogP contribution in [0.15, 0.2) is 222 Å². The number of allylic oxidation sites excluding steroid dienone is 20. The van der Waals surface area contributed by atoms with Crippen molar-refractivity contribution in [2.45, 2.75) is 57.9 Å². The van der Waals surface area contributed by atoms with Gasteiger partial charge in [-0.3, -0.25) is 0 Å². The molecule has 0 bridgehead atoms. The molecule has 3 aromatic carbocycles. The average Bonchev–Trinajstić information content (AvgIpc) is 3.66. The summed E-state index contributed by atoms with van der Waals surface area (Å²) in [7, 11) is 0. The fourth-order valence-electron chi connectivity index (χ4n) is 11.0. The molecule has 58 heavy (non-hydrogen) atoms. The summed E-state index contributed by atoms with van der Waals surface area (Å²) in [5.74, 6) is 2.73. The molecule has 0 saturated heterocycles. The second-order valence-corrected chi connectivity index (χ2v) is 16.6. The van der Waals surface area contributed by atoms with Gasteiger partial charge in [-0.25, -0.2) is 0 Å². The first-order chi connectivity index (χ1) is 28.5. The second-order valence-electron chi connectivity index (χ2n) is 16.6. The highest BCUT2D eigenvalue weighted by molar-refractivity contribution is 5.89. The van der Waals surface area contributed by atoms with Crippen LogP contribution in [0.2, 0.25) is 0 Å². The van der Waals surface area contributed by atoms with Crippen LogP contribution in [0.25, 0.3) is 11.1 Å². The number of rotatable bonds is 8. The lowest BCUT2D eigenvalue weighted by atomic mass is 9.66. The van der Waals surface area contributed by atoms with Crippen LogP contribution in [0.3, 0.4) is 0 Å². The van der Waals surface area contributed by atoms with Gasteiger partial charge in [-0.15, -0.1) is 6.58 Å². The third kappa shape index (κ3) is 5.52. The summed E-state index contributed by atoms with van der Waals surface area (Å²) in [5, 5.41) is 0. The Morgan fingerprint density at radius 3 is 2.62 bits per heavy atom. The molecule has 5 atom stereocenters. The van der Waals surface area contributed by atoms with Crippen molar-refractivity contribution in [1.82, 2.24) is 0 Å². The van der Waals surface area contributed by atoms with Gasteiger partial charge in [-0.2, -0.15) is 0 Å². The number of benzene rings is 3. The minimum Gasteiger partial charge on any atom is -0.461 e. The van der Waals surface area contributed by atoms with Crippen molar-refractivity contribution in [3.05, 3.63) is 244 Å². The van der Waals surface area contributed by atoms with Crippen molar-refractivity contribution in [3.63, 3.8) is 0 Å². The Balaban J connectivity index is 1.25. The summed E-state index contributed by atoms with van der Waals surface area (Å²) < 4.78 is 6.58. The lowest BCUT2D eigenvalue weighted by Crippen LogP contribution is -2.44. The number of aryl methyl sites for hydroxylation is 1. The van der Waals surface area contributed by atoms with Crippen molar-refractivity contribution in [3.8, 4) is 11.1 Å². The predicted octanol–water partition coefficient (Wildman–Crippen LogP) is 13.7. The van der Waals surface area contributed by atoms with Gasteiger partial charge in [0.2, 0.25) is 0 Å². The average molecular weight is 754 g/mol. The fraction of sp³-hybridized carbons (Fsp3) is 0.214. The molecule has 2 nitrogen and oxygen atoms in total. The lowest BCUT2D eigenvalue weighted by Gasteiger charge is -2.45. The molecule has 5 unspecified atom stereocenters. The first-order valence-electron chi connectivity index (χ1n) is 21.2. The highest BCUT2D eigenvalue weighted by atomic mass is 16.5. The van der Waals surface area contributed by atoms with Gasteiger partial charge < -0.3 is 9.64 Å². The van der Waals surface area contributed by atoms with E-state index in [0.29, 0.717) is 0 Å². The van der Waals surface area contributed by atoms with Gasteiger partial charge in [-0.1, -0.05) is 147 Å². The number of anilines is 1. The Morgan fingerprint density at radius 1 is 0.914 bits per heavy atom. The summed E-state index contributed by atoms with van der Waals surface area (Å²) in [6.45, 7) is 11.1. The highest BCUT2D eigenvalue weighted by Gasteiger charge is 2.49. The van der Waals surface area contributed by atoms with Gasteiger partial charge >= 0.3 is 0 Å². The van der Waals surface area contributed by atoms with Gasteiger partial charge in [0.25, 0.3) is 0 Å². The van der Waals surface area contributed by atoms with E-state index in [9.17, 15) is 0 Å². The number of hydrogen-bond acceptors (Lipinski definition) is 2. The topological polar surface area (TPSA) is 12.5 Å². The Labute approximate surface area is 344 Å². The zero-order chi connectivity index (χ0) is 39.4. The van der Waals surface area contributed by atoms with E-state index in [1.165, 1.54) is 72.6 Å². The van der Waals surface area contributed by atoms with Crippen molar-refractivity contribution < 1.29 is 4.74 Å². The molecule has 1 heterocycles. The van der Waals surface area contributed by atoms with Crippen molar-refractivity contribution in [1.29, 1.82) is 0 Å². The van der Waals surface area contributed by atoms with E-state index in [-0.39, 0.29) is 23.8 Å². The normalized spacial score (nSPS) is 26.2. The maximum atomic E-state index is 6.58. The largest absolute Gasteiger partial charge is 0.461 e. The highest BCUT2D eigenvalue weighted by Crippen LogP contribution is 2.59. The predicted molar refractivity (Wildman–Crippen MR) is 242 cm³/mol. The van der Waals surface area contributed by atoms with Gasteiger partial charge in [-0.05, 0) is 131 Å². The maximum absolute atomic E-state index is 6.58. The molecule has 10 rings (SSSR count). The first kappa shape index (κ1) is 36.2. The number of ether oxygens (including phenoxy) is 1. The van der Waals surface area contributed by atoms with Crippen molar-refractivity contribution >= 4 is 5.69 Å². The van der Waals surface area contributed by atoms with Crippen LogP contribution in [0.1, 0.15) is 61.8 Å². The molecule has 0 radical (unpaired) electrons. The molecule has 6 aliphatic carbocycles. The molecule has 0 saturated carbocycles. The quantitative estimate of drug-likeness (QED) is 0.168. The van der Waals surface area contributed by atoms with Gasteiger partial charge in [0, 0.05) is 23.2 Å². The van der Waals surface area contributed by atoms with Crippen molar-refractivity contribution in [2.24, 2.45) is 17.8 Å². The van der Waals surface area contributed by atoms with E-state index in [1.807, 2.05) is 6.08 Å². The number of fused-ring (bicyclic) bond motifs is 7. The Hall–Kier alpha value is -6.12. The molecular formula is C56H51NO. The minimum atomic E-state index is -0.532. The summed E-state index contributed by atoms with van der Waals surface area (Å²) in [6, 6.07) is 25.4. The van der Waals surface area contributed by atoms with Crippen LogP contribution in [0.5, 0.6) is 0 Å². The molecule has 0 N–H and O–H groups in total. The molecule has 3 aromatic rings. The van der Waals surface area contributed by atoms with E-state index in [1.54, 1.807) is 0 Å². The SMILES string of the molecule is C=CC/C=C(\C=C/C)C1(c2ccccc2)c2ccccc2-c2cc(C)c(N(C3=CC=C4OC5=C(CCC=C5)C4C3C)C3C=C4C=CCC=CC4=C4C=CC=CC43)cc21. The molecule has 7 aliphatic rings. The van der Waals surface area contributed by atoms with Crippen LogP contribution in [-0.2, 0) is 10.2 Å². The minimum absolute atomic E-state index is 0.0368. The summed E-state index contributed by atoms with van der Waals surface area (Å²) in [6.07, 6.45) is 43.0. The standard InChI is InChI=1S/C56H51NO/c1-5-7-22-40(20-6-2)56(41-23-11-9-12-24-41)48-30-18-16-27-44(48)47-34-37(3)51(36-49(47)56)57(50-32-33-54-55(38(50)4)46-29-17-19-31-53(46)58-54)52-35-39-21-10-8-13-25-42(39)43-26-14-15-28-45(43)52/h5-6,9-16,18-28,30-36,38,45,52,55H,1,7-8,17,29H2,2-4H3/b20-6-,40-22+. The van der Waals surface area contributed by atoms with Crippen LogP contribution in [0.4, 0.5) is 5.69 Å². The third-order valence-corrected chi connectivity index (χ3v) is 13.4.